The van der Waals surface area contributed by atoms with Gasteiger partial charge in [0.2, 0.25) is 5.56 Å². The molecule has 0 saturated carbocycles. The predicted molar refractivity (Wildman–Crippen MR) is 107 cm³/mol. The second kappa shape index (κ2) is 7.70. The van der Waals surface area contributed by atoms with E-state index in [4.69, 9.17) is 50.7 Å². The number of alkyl halides is 1. The molecule has 3 rings (SSSR count). The summed E-state index contributed by atoms with van der Waals surface area (Å²) < 4.78 is 39.7. The summed E-state index contributed by atoms with van der Waals surface area (Å²) >= 11 is 17.8. The number of esters is 1. The average Bonchev–Trinajstić information content (AvgIpc) is 2.62. The molecule has 1 aromatic heterocycles. The third-order valence-corrected chi connectivity index (χ3v) is 4.92. The van der Waals surface area contributed by atoms with Crippen LogP contribution in [-0.2, 0) is 9.53 Å². The zero-order valence-corrected chi connectivity index (χ0v) is 16.8. The van der Waals surface area contributed by atoms with Crippen molar-refractivity contribution >= 4 is 63.1 Å². The van der Waals surface area contributed by atoms with Gasteiger partial charge in [0.25, 0.3) is 0 Å². The number of carbonyl (C=O) groups is 1. The van der Waals surface area contributed by atoms with Gasteiger partial charge in [-0.2, -0.15) is 0 Å². The van der Waals surface area contributed by atoms with Crippen molar-refractivity contribution in [3.05, 3.63) is 55.7 Å². The van der Waals surface area contributed by atoms with Crippen molar-refractivity contribution in [1.29, 1.82) is 0 Å². The Labute approximate surface area is 176 Å². The smallest absolute Gasteiger partial charge is 0.304 e. The van der Waals surface area contributed by atoms with Gasteiger partial charge >= 0.3 is 5.97 Å². The highest BCUT2D eigenvalue weighted by molar-refractivity contribution is 6.39. The topological polar surface area (TPSA) is 109 Å². The molecule has 4 N–H and O–H groups in total. The summed E-state index contributed by atoms with van der Waals surface area (Å²) in [6.45, 7) is 1.00. The van der Waals surface area contributed by atoms with Crippen molar-refractivity contribution in [2.45, 2.75) is 12.5 Å². The molecule has 0 aliphatic rings. The van der Waals surface area contributed by atoms with E-state index >= 15 is 4.39 Å². The van der Waals surface area contributed by atoms with Crippen LogP contribution in [0.25, 0.3) is 22.3 Å². The lowest BCUT2D eigenvalue weighted by atomic mass is 10.1. The van der Waals surface area contributed by atoms with Gasteiger partial charge in [0.15, 0.2) is 22.6 Å². The highest BCUT2D eigenvalue weighted by Crippen LogP contribution is 2.38. The van der Waals surface area contributed by atoms with Crippen LogP contribution in [0.2, 0.25) is 10.0 Å². The molecule has 1 unspecified atom stereocenters. The van der Waals surface area contributed by atoms with E-state index in [2.05, 4.69) is 4.74 Å². The van der Waals surface area contributed by atoms with Crippen molar-refractivity contribution in [3.8, 4) is 11.3 Å². The number of nitrogens with two attached hydrogens (primary N) is 2. The van der Waals surface area contributed by atoms with Crippen molar-refractivity contribution < 1.29 is 22.7 Å². The number of nitrogen functional groups attached to an aromatic ring is 2. The molecule has 3 aromatic rings. The van der Waals surface area contributed by atoms with Crippen molar-refractivity contribution in [2.24, 2.45) is 0 Å². The average molecular weight is 464 g/mol. The largest absolute Gasteiger partial charge is 0.453 e. The van der Waals surface area contributed by atoms with E-state index in [9.17, 15) is 14.0 Å². The Bertz CT molecular complexity index is 1210. The SMILES string of the molecule is CC(=O)OC(Cl)c1c(F)c(N)c2c(=O)cc(-c3cc(Cl)c(N)c(Cl)c3)oc2c1F. The molecule has 6 nitrogen and oxygen atoms in total. The van der Waals surface area contributed by atoms with Crippen LogP contribution in [0.4, 0.5) is 20.2 Å². The Hall–Kier alpha value is -2.55. The monoisotopic (exact) mass is 462 g/mol. The molecule has 0 amide bonds. The first-order valence-electron chi connectivity index (χ1n) is 7.83. The molecular weight excluding hydrogens is 453 g/mol. The first-order chi connectivity index (χ1) is 13.5. The summed E-state index contributed by atoms with van der Waals surface area (Å²) in [7, 11) is 0. The fourth-order valence-electron chi connectivity index (χ4n) is 2.65. The zero-order valence-electron chi connectivity index (χ0n) is 14.5. The molecule has 0 aliphatic carbocycles. The second-order valence-electron chi connectivity index (χ2n) is 5.91. The number of hydrogen-bond donors (Lipinski definition) is 2. The van der Waals surface area contributed by atoms with Gasteiger partial charge in [-0.15, -0.1) is 0 Å². The van der Waals surface area contributed by atoms with E-state index < -0.39 is 50.8 Å². The molecular formula is C18H11Cl3F2N2O4. The first kappa shape index (κ1) is 21.2. The summed E-state index contributed by atoms with van der Waals surface area (Å²) in [6, 6.07) is 3.67. The van der Waals surface area contributed by atoms with Crippen LogP contribution in [0.3, 0.4) is 0 Å². The molecule has 1 heterocycles. The Kier molecular flexibility index (Phi) is 5.62. The van der Waals surface area contributed by atoms with E-state index in [1.54, 1.807) is 0 Å². The van der Waals surface area contributed by atoms with E-state index in [0.29, 0.717) is 0 Å². The van der Waals surface area contributed by atoms with Crippen molar-refractivity contribution in [2.75, 3.05) is 11.5 Å². The van der Waals surface area contributed by atoms with Crippen LogP contribution in [0, 0.1) is 11.6 Å². The van der Waals surface area contributed by atoms with E-state index in [0.717, 1.165) is 13.0 Å². The lowest BCUT2D eigenvalue weighted by Gasteiger charge is -2.15. The minimum Gasteiger partial charge on any atom is -0.453 e. The normalized spacial score (nSPS) is 12.2. The van der Waals surface area contributed by atoms with Gasteiger partial charge < -0.3 is 20.6 Å². The highest BCUT2D eigenvalue weighted by atomic mass is 35.5. The Morgan fingerprint density at radius 1 is 1.10 bits per heavy atom. The third kappa shape index (κ3) is 3.71. The Morgan fingerprint density at radius 3 is 2.24 bits per heavy atom. The quantitative estimate of drug-likeness (QED) is 0.321. The van der Waals surface area contributed by atoms with E-state index in [-0.39, 0.29) is 27.1 Å². The van der Waals surface area contributed by atoms with Crippen LogP contribution in [-0.4, -0.2) is 5.97 Å². The molecule has 0 aliphatic heterocycles. The molecule has 0 saturated heterocycles. The summed E-state index contributed by atoms with van der Waals surface area (Å²) in [5, 5.41) is -0.386. The highest BCUT2D eigenvalue weighted by Gasteiger charge is 2.29. The molecule has 11 heteroatoms. The van der Waals surface area contributed by atoms with Crippen molar-refractivity contribution in [3.63, 3.8) is 0 Å². The molecule has 0 spiro atoms. The molecule has 152 valence electrons. The van der Waals surface area contributed by atoms with Crippen LogP contribution in [0.1, 0.15) is 18.1 Å². The predicted octanol–water partition coefficient (Wildman–Crippen LogP) is 5.01. The van der Waals surface area contributed by atoms with Gasteiger partial charge in [0.1, 0.15) is 5.76 Å². The second-order valence-corrected chi connectivity index (χ2v) is 7.12. The summed E-state index contributed by atoms with van der Waals surface area (Å²) in [5.41, 5.74) is 6.71. The Morgan fingerprint density at radius 2 is 1.69 bits per heavy atom. The van der Waals surface area contributed by atoms with Gasteiger partial charge in [0, 0.05) is 18.6 Å². The van der Waals surface area contributed by atoms with Gasteiger partial charge in [0.05, 0.1) is 32.4 Å². The van der Waals surface area contributed by atoms with Crippen LogP contribution in [0.5, 0.6) is 0 Å². The fraction of sp³-hybridized carbons (Fsp3) is 0.111. The third-order valence-electron chi connectivity index (χ3n) is 3.99. The number of benzene rings is 2. The Balaban J connectivity index is 2.34. The van der Waals surface area contributed by atoms with Crippen LogP contribution in [0.15, 0.2) is 27.4 Å². The van der Waals surface area contributed by atoms with Crippen LogP contribution < -0.4 is 16.9 Å². The fourth-order valence-corrected chi connectivity index (χ4v) is 3.45. The minimum atomic E-state index is -1.84. The van der Waals surface area contributed by atoms with E-state index in [1.807, 2.05) is 0 Å². The standard InChI is InChI=1S/C18H11Cl3F2N2O4/c1-5(26)28-18(21)12-13(22)16(25)11-9(27)4-10(29-17(11)14(12)23)6-2-7(19)15(24)8(20)3-6/h2-4,18H,24-25H2,1H3. The number of halogens is 5. The number of fused-ring (bicyclic) bond motifs is 1. The molecule has 0 bridgehead atoms. The van der Waals surface area contributed by atoms with Gasteiger partial charge in [-0.25, -0.2) is 8.78 Å². The maximum Gasteiger partial charge on any atom is 0.304 e. The number of carbonyl (C=O) groups excluding carboxylic acids is 1. The van der Waals surface area contributed by atoms with Gasteiger partial charge in [-0.05, 0) is 12.1 Å². The molecule has 0 radical (unpaired) electrons. The lowest BCUT2D eigenvalue weighted by Crippen LogP contribution is -2.13. The first-order valence-corrected chi connectivity index (χ1v) is 9.02. The number of anilines is 2. The number of hydrogen-bond acceptors (Lipinski definition) is 6. The molecule has 29 heavy (non-hydrogen) atoms. The number of rotatable bonds is 3. The van der Waals surface area contributed by atoms with Gasteiger partial charge in [-0.1, -0.05) is 34.8 Å². The maximum atomic E-state index is 15.0. The maximum absolute atomic E-state index is 15.0. The minimum absolute atomic E-state index is 0.0747. The molecule has 2 aromatic carbocycles. The van der Waals surface area contributed by atoms with Crippen LogP contribution >= 0.6 is 34.8 Å². The summed E-state index contributed by atoms with van der Waals surface area (Å²) in [6.07, 6.45) is 0. The molecule has 1 atom stereocenters. The molecule has 0 fully saturated rings. The summed E-state index contributed by atoms with van der Waals surface area (Å²) in [4.78, 5) is 23.6. The summed E-state index contributed by atoms with van der Waals surface area (Å²) in [5.74, 6) is -3.71. The van der Waals surface area contributed by atoms with Crippen molar-refractivity contribution in [1.82, 2.24) is 0 Å². The van der Waals surface area contributed by atoms with E-state index in [1.165, 1.54) is 12.1 Å². The zero-order chi connectivity index (χ0) is 21.6. The number of ether oxygens (including phenoxy) is 1. The van der Waals surface area contributed by atoms with Gasteiger partial charge in [-0.3, -0.25) is 9.59 Å². The lowest BCUT2D eigenvalue weighted by molar-refractivity contribution is -0.143.